The highest BCUT2D eigenvalue weighted by Gasteiger charge is 2.10. The van der Waals surface area contributed by atoms with E-state index in [2.05, 4.69) is 0 Å². The number of anilines is 1. The minimum atomic E-state index is -0.515. The maximum absolute atomic E-state index is 12.6. The zero-order valence-electron chi connectivity index (χ0n) is 8.44. The van der Waals surface area contributed by atoms with Crippen molar-refractivity contribution in [3.63, 3.8) is 0 Å². The van der Waals surface area contributed by atoms with Gasteiger partial charge in [0.1, 0.15) is 5.82 Å². The molecule has 84 valence electrons. The minimum absolute atomic E-state index is 0. The fraction of sp³-hybridized carbons (Fsp3) is 0.300. The number of carbonyl (C=O) groups is 1. The van der Waals surface area contributed by atoms with E-state index in [1.165, 1.54) is 29.2 Å². The fourth-order valence-electron chi connectivity index (χ4n) is 1.21. The van der Waals surface area contributed by atoms with E-state index in [9.17, 15) is 9.18 Å². The summed E-state index contributed by atoms with van der Waals surface area (Å²) in [6.45, 7) is 2.49. The summed E-state index contributed by atoms with van der Waals surface area (Å²) >= 11 is 0. The van der Waals surface area contributed by atoms with Gasteiger partial charge in [-0.05, 0) is 30.7 Å². The van der Waals surface area contributed by atoms with Crippen molar-refractivity contribution in [2.75, 3.05) is 11.4 Å². The summed E-state index contributed by atoms with van der Waals surface area (Å²) in [7, 11) is 0. The van der Waals surface area contributed by atoms with Crippen molar-refractivity contribution in [3.05, 3.63) is 30.1 Å². The molecule has 0 aliphatic rings. The van der Waals surface area contributed by atoms with E-state index in [0.29, 0.717) is 12.2 Å². The lowest BCUT2D eigenvalue weighted by molar-refractivity contribution is 0.254. The number of rotatable bonds is 3. The number of nitrogens with two attached hydrogens (primary N) is 1. The first-order chi connectivity index (χ1) is 6.65. The molecular formula is C10H14ClFN2O. The van der Waals surface area contributed by atoms with Crippen LogP contribution in [0.4, 0.5) is 14.9 Å². The third-order valence-corrected chi connectivity index (χ3v) is 1.85. The second-order valence-corrected chi connectivity index (χ2v) is 2.97. The third-order valence-electron chi connectivity index (χ3n) is 1.85. The maximum Gasteiger partial charge on any atom is 0.319 e. The molecule has 0 spiro atoms. The van der Waals surface area contributed by atoms with Crippen LogP contribution in [0.15, 0.2) is 24.3 Å². The first-order valence-corrected chi connectivity index (χ1v) is 4.47. The van der Waals surface area contributed by atoms with Gasteiger partial charge in [-0.2, -0.15) is 0 Å². The molecule has 0 aliphatic carbocycles. The zero-order chi connectivity index (χ0) is 10.6. The number of halogens is 2. The van der Waals surface area contributed by atoms with Crippen molar-refractivity contribution in [2.24, 2.45) is 5.73 Å². The van der Waals surface area contributed by atoms with Gasteiger partial charge in [-0.3, -0.25) is 4.90 Å². The summed E-state index contributed by atoms with van der Waals surface area (Å²) in [4.78, 5) is 12.4. The Balaban J connectivity index is 0.00000196. The Bertz CT molecular complexity index is 316. The van der Waals surface area contributed by atoms with E-state index in [4.69, 9.17) is 5.73 Å². The Labute approximate surface area is 94.5 Å². The molecule has 0 aliphatic heterocycles. The maximum atomic E-state index is 12.6. The van der Waals surface area contributed by atoms with Crippen molar-refractivity contribution in [2.45, 2.75) is 13.3 Å². The Morgan fingerprint density at radius 3 is 2.33 bits per heavy atom. The van der Waals surface area contributed by atoms with Crippen LogP contribution in [0.2, 0.25) is 0 Å². The molecule has 1 rings (SSSR count). The first-order valence-electron chi connectivity index (χ1n) is 4.47. The molecule has 2 N–H and O–H groups in total. The summed E-state index contributed by atoms with van der Waals surface area (Å²) in [5.41, 5.74) is 5.81. The molecule has 0 bridgehead atoms. The van der Waals surface area contributed by atoms with Crippen molar-refractivity contribution < 1.29 is 9.18 Å². The second kappa shape index (κ2) is 6.24. The SMILES string of the molecule is CCCN(C(N)=O)c1ccc(F)cc1.Cl. The predicted molar refractivity (Wildman–Crippen MR) is 60.9 cm³/mol. The molecule has 5 heteroatoms. The minimum Gasteiger partial charge on any atom is -0.351 e. The molecule has 0 saturated heterocycles. The zero-order valence-corrected chi connectivity index (χ0v) is 9.26. The Morgan fingerprint density at radius 2 is 1.93 bits per heavy atom. The Morgan fingerprint density at radius 1 is 1.40 bits per heavy atom. The van der Waals surface area contributed by atoms with Crippen LogP contribution in [-0.4, -0.2) is 12.6 Å². The summed E-state index contributed by atoms with van der Waals surface area (Å²) in [6, 6.07) is 5.17. The third kappa shape index (κ3) is 3.75. The highest BCUT2D eigenvalue weighted by atomic mass is 35.5. The lowest BCUT2D eigenvalue weighted by atomic mass is 10.2. The number of hydrogen-bond donors (Lipinski definition) is 1. The van der Waals surface area contributed by atoms with Crippen molar-refractivity contribution >= 4 is 24.1 Å². The van der Waals surface area contributed by atoms with Gasteiger partial charge in [0.2, 0.25) is 0 Å². The van der Waals surface area contributed by atoms with E-state index in [1.54, 1.807) is 0 Å². The molecule has 15 heavy (non-hydrogen) atoms. The lowest BCUT2D eigenvalue weighted by Crippen LogP contribution is -2.36. The number of nitrogens with zero attached hydrogens (tertiary/aromatic N) is 1. The number of amides is 2. The molecule has 2 amide bonds. The number of carbonyl (C=O) groups excluding carboxylic acids is 1. The van der Waals surface area contributed by atoms with Gasteiger partial charge in [-0.15, -0.1) is 12.4 Å². The largest absolute Gasteiger partial charge is 0.351 e. The molecule has 3 nitrogen and oxygen atoms in total. The summed E-state index contributed by atoms with van der Waals surface area (Å²) in [5, 5.41) is 0. The number of primary amides is 1. The highest BCUT2D eigenvalue weighted by Crippen LogP contribution is 2.14. The van der Waals surface area contributed by atoms with Crippen LogP contribution in [0.1, 0.15) is 13.3 Å². The van der Waals surface area contributed by atoms with E-state index < -0.39 is 6.03 Å². The van der Waals surface area contributed by atoms with Gasteiger partial charge >= 0.3 is 6.03 Å². The van der Waals surface area contributed by atoms with Gasteiger partial charge in [0.15, 0.2) is 0 Å². The van der Waals surface area contributed by atoms with Crippen LogP contribution in [0.5, 0.6) is 0 Å². The molecule has 1 aromatic rings. The van der Waals surface area contributed by atoms with Gasteiger partial charge in [0, 0.05) is 12.2 Å². The smallest absolute Gasteiger partial charge is 0.319 e. The normalized spacial score (nSPS) is 9.20. The van der Waals surface area contributed by atoms with Gasteiger partial charge in [0.05, 0.1) is 0 Å². The number of benzene rings is 1. The van der Waals surface area contributed by atoms with Crippen molar-refractivity contribution in [1.29, 1.82) is 0 Å². The Hall–Kier alpha value is -1.29. The standard InChI is InChI=1S/C10H13FN2O.ClH/c1-2-7-13(10(12)14)9-5-3-8(11)4-6-9;/h3-6H,2,7H2,1H3,(H2,12,14);1H. The van der Waals surface area contributed by atoms with Gasteiger partial charge in [-0.25, -0.2) is 9.18 Å². The van der Waals surface area contributed by atoms with Crippen LogP contribution >= 0.6 is 12.4 Å². The van der Waals surface area contributed by atoms with E-state index >= 15 is 0 Å². The van der Waals surface area contributed by atoms with Crippen LogP contribution in [0.3, 0.4) is 0 Å². The van der Waals surface area contributed by atoms with E-state index in [1.807, 2.05) is 6.92 Å². The molecule has 0 atom stereocenters. The first kappa shape index (κ1) is 13.7. The van der Waals surface area contributed by atoms with E-state index in [0.717, 1.165) is 6.42 Å². The second-order valence-electron chi connectivity index (χ2n) is 2.97. The average molecular weight is 233 g/mol. The summed E-state index contributed by atoms with van der Waals surface area (Å²) < 4.78 is 12.6. The lowest BCUT2D eigenvalue weighted by Gasteiger charge is -2.19. The molecule has 0 aromatic heterocycles. The fourth-order valence-corrected chi connectivity index (χ4v) is 1.21. The van der Waals surface area contributed by atoms with E-state index in [-0.39, 0.29) is 18.2 Å². The molecule has 0 unspecified atom stereocenters. The molecule has 0 saturated carbocycles. The summed E-state index contributed by atoms with van der Waals surface area (Å²) in [6.07, 6.45) is 0.806. The monoisotopic (exact) mass is 232 g/mol. The molecule has 1 aromatic carbocycles. The van der Waals surface area contributed by atoms with Crippen LogP contribution < -0.4 is 10.6 Å². The molecule has 0 fully saturated rings. The molecular weight excluding hydrogens is 219 g/mol. The average Bonchev–Trinajstić information content (AvgIpc) is 2.15. The van der Waals surface area contributed by atoms with Crippen molar-refractivity contribution in [1.82, 2.24) is 0 Å². The van der Waals surface area contributed by atoms with Crippen molar-refractivity contribution in [3.8, 4) is 0 Å². The van der Waals surface area contributed by atoms with Crippen LogP contribution in [-0.2, 0) is 0 Å². The van der Waals surface area contributed by atoms with Gasteiger partial charge in [-0.1, -0.05) is 6.92 Å². The quantitative estimate of drug-likeness (QED) is 0.855. The molecule has 0 heterocycles. The highest BCUT2D eigenvalue weighted by molar-refractivity contribution is 5.90. The summed E-state index contributed by atoms with van der Waals surface area (Å²) in [5.74, 6) is -0.324. The number of urea groups is 1. The van der Waals surface area contributed by atoms with Crippen LogP contribution in [0.25, 0.3) is 0 Å². The Kier molecular flexibility index (Phi) is 5.70. The van der Waals surface area contributed by atoms with Gasteiger partial charge < -0.3 is 5.73 Å². The van der Waals surface area contributed by atoms with Gasteiger partial charge in [0.25, 0.3) is 0 Å². The van der Waals surface area contributed by atoms with Crippen LogP contribution in [0, 0.1) is 5.82 Å². The topological polar surface area (TPSA) is 46.3 Å². The number of hydrogen-bond acceptors (Lipinski definition) is 1. The predicted octanol–water partition coefficient (Wildman–Crippen LogP) is 2.54. The molecule has 0 radical (unpaired) electrons.